The highest BCUT2D eigenvalue weighted by Crippen LogP contribution is 2.38. The summed E-state index contributed by atoms with van der Waals surface area (Å²) in [5, 5.41) is 11.6. The average Bonchev–Trinajstić information content (AvgIpc) is 3.03. The Kier molecular flexibility index (Phi) is 4.33. The summed E-state index contributed by atoms with van der Waals surface area (Å²) in [7, 11) is 0. The number of esters is 1. The molecule has 0 aromatic carbocycles. The minimum atomic E-state index is -0.934. The van der Waals surface area contributed by atoms with Gasteiger partial charge in [0.2, 0.25) is 0 Å². The van der Waals surface area contributed by atoms with Crippen molar-refractivity contribution in [3.05, 3.63) is 0 Å². The van der Waals surface area contributed by atoms with Crippen molar-refractivity contribution >= 4 is 11.9 Å². The Hall–Kier alpha value is -1.57. The number of hydrogen-bond donors (Lipinski definition) is 1. The van der Waals surface area contributed by atoms with E-state index in [1.165, 1.54) is 0 Å². The first-order chi connectivity index (χ1) is 8.30. The highest BCUT2D eigenvalue weighted by atomic mass is 16.5. The lowest BCUT2D eigenvalue weighted by Crippen LogP contribution is -2.50. The van der Waals surface area contributed by atoms with Crippen LogP contribution < -0.4 is 5.32 Å². The van der Waals surface area contributed by atoms with Crippen molar-refractivity contribution in [2.75, 3.05) is 6.61 Å². The Labute approximate surface area is 107 Å². The van der Waals surface area contributed by atoms with Crippen LogP contribution in [0.25, 0.3) is 0 Å². The smallest absolute Gasteiger partial charge is 0.309 e. The number of rotatable bonds is 5. The molecule has 0 radical (unpaired) electrons. The van der Waals surface area contributed by atoms with Crippen LogP contribution in [0.3, 0.4) is 0 Å². The van der Waals surface area contributed by atoms with Crippen molar-refractivity contribution in [3.8, 4) is 6.07 Å². The molecule has 1 saturated carbocycles. The van der Waals surface area contributed by atoms with Gasteiger partial charge in [-0.25, -0.2) is 0 Å². The Balaban J connectivity index is 2.38. The van der Waals surface area contributed by atoms with Crippen molar-refractivity contribution < 1.29 is 14.3 Å². The Morgan fingerprint density at radius 1 is 1.56 bits per heavy atom. The Bertz CT molecular complexity index is 386. The van der Waals surface area contributed by atoms with Crippen LogP contribution in [0.2, 0.25) is 0 Å². The second-order valence-electron chi connectivity index (χ2n) is 5.44. The maximum absolute atomic E-state index is 11.6. The number of ether oxygens (including phenoxy) is 1. The standard InChI is InChI=1S/C13H20N2O3/c1-8(2)13(4,7-14)15-11(16)6-18-12(17)10-5-9(10)3/h8-10H,5-6H2,1-4H3,(H,15,16)/t9-,10+,13+/m0/s1. The molecule has 3 atom stereocenters. The van der Waals surface area contributed by atoms with Crippen LogP contribution in [0.1, 0.15) is 34.1 Å². The molecule has 1 N–H and O–H groups in total. The predicted octanol–water partition coefficient (Wildman–Crippen LogP) is 1.24. The van der Waals surface area contributed by atoms with E-state index in [1.54, 1.807) is 6.92 Å². The molecule has 1 aliphatic carbocycles. The van der Waals surface area contributed by atoms with Crippen molar-refractivity contribution in [1.82, 2.24) is 5.32 Å². The van der Waals surface area contributed by atoms with Crippen LogP contribution in [0.5, 0.6) is 0 Å². The summed E-state index contributed by atoms with van der Waals surface area (Å²) in [5.74, 6) is -0.466. The number of amides is 1. The van der Waals surface area contributed by atoms with Crippen molar-refractivity contribution in [3.63, 3.8) is 0 Å². The van der Waals surface area contributed by atoms with Crippen LogP contribution in [-0.2, 0) is 14.3 Å². The highest BCUT2D eigenvalue weighted by molar-refractivity contribution is 5.83. The summed E-state index contributed by atoms with van der Waals surface area (Å²) in [5.41, 5.74) is -0.934. The number of hydrogen-bond acceptors (Lipinski definition) is 4. The van der Waals surface area contributed by atoms with Crippen molar-refractivity contribution in [1.29, 1.82) is 5.26 Å². The van der Waals surface area contributed by atoms with E-state index in [0.717, 1.165) is 6.42 Å². The molecule has 0 aromatic heterocycles. The van der Waals surface area contributed by atoms with Gasteiger partial charge in [0.15, 0.2) is 6.61 Å². The van der Waals surface area contributed by atoms with Crippen LogP contribution in [0, 0.1) is 29.1 Å². The minimum Gasteiger partial charge on any atom is -0.455 e. The van der Waals surface area contributed by atoms with Gasteiger partial charge < -0.3 is 10.1 Å². The van der Waals surface area contributed by atoms with Gasteiger partial charge in [0, 0.05) is 0 Å². The van der Waals surface area contributed by atoms with Gasteiger partial charge in [-0.1, -0.05) is 20.8 Å². The van der Waals surface area contributed by atoms with Crippen molar-refractivity contribution in [2.24, 2.45) is 17.8 Å². The molecule has 0 unspecified atom stereocenters. The predicted molar refractivity (Wildman–Crippen MR) is 65.2 cm³/mol. The lowest BCUT2D eigenvalue weighted by molar-refractivity contribution is -0.150. The topological polar surface area (TPSA) is 79.2 Å². The van der Waals surface area contributed by atoms with E-state index in [1.807, 2.05) is 20.8 Å². The zero-order valence-corrected chi connectivity index (χ0v) is 11.3. The molecule has 1 amide bonds. The van der Waals surface area contributed by atoms with E-state index in [9.17, 15) is 9.59 Å². The molecular formula is C13H20N2O3. The zero-order valence-electron chi connectivity index (χ0n) is 11.3. The number of nitrogens with one attached hydrogen (secondary N) is 1. The second-order valence-corrected chi connectivity index (χ2v) is 5.44. The molecule has 5 nitrogen and oxygen atoms in total. The maximum Gasteiger partial charge on any atom is 0.309 e. The van der Waals surface area contributed by atoms with Gasteiger partial charge in [-0.2, -0.15) is 5.26 Å². The van der Waals surface area contributed by atoms with E-state index < -0.39 is 11.4 Å². The van der Waals surface area contributed by atoms with E-state index in [-0.39, 0.29) is 24.4 Å². The molecule has 0 aromatic rings. The summed E-state index contributed by atoms with van der Waals surface area (Å²) in [6.45, 7) is 7.01. The quantitative estimate of drug-likeness (QED) is 0.747. The molecule has 5 heteroatoms. The number of carbonyl (C=O) groups is 2. The molecule has 0 aliphatic heterocycles. The molecule has 1 fully saturated rings. The lowest BCUT2D eigenvalue weighted by Gasteiger charge is -2.27. The van der Waals surface area contributed by atoms with Gasteiger partial charge in [-0.3, -0.25) is 9.59 Å². The monoisotopic (exact) mass is 252 g/mol. The second kappa shape index (κ2) is 5.38. The molecule has 18 heavy (non-hydrogen) atoms. The molecule has 0 bridgehead atoms. The van der Waals surface area contributed by atoms with Gasteiger partial charge in [0.05, 0.1) is 12.0 Å². The van der Waals surface area contributed by atoms with Gasteiger partial charge >= 0.3 is 5.97 Å². The summed E-state index contributed by atoms with van der Waals surface area (Å²) in [4.78, 5) is 23.0. The minimum absolute atomic E-state index is 0.0226. The maximum atomic E-state index is 11.6. The van der Waals surface area contributed by atoms with Crippen LogP contribution in [-0.4, -0.2) is 24.0 Å². The third-order valence-corrected chi connectivity index (χ3v) is 3.54. The first kappa shape index (κ1) is 14.5. The van der Waals surface area contributed by atoms with Gasteiger partial charge in [0.1, 0.15) is 5.54 Å². The number of nitrogens with zero attached hydrogens (tertiary/aromatic N) is 1. The van der Waals surface area contributed by atoms with E-state index >= 15 is 0 Å². The van der Waals surface area contributed by atoms with Crippen LogP contribution >= 0.6 is 0 Å². The van der Waals surface area contributed by atoms with E-state index in [4.69, 9.17) is 10.00 Å². The third-order valence-electron chi connectivity index (χ3n) is 3.54. The first-order valence-corrected chi connectivity index (χ1v) is 6.19. The number of nitriles is 1. The van der Waals surface area contributed by atoms with Crippen LogP contribution in [0.4, 0.5) is 0 Å². The molecule has 0 heterocycles. The van der Waals surface area contributed by atoms with Crippen molar-refractivity contribution in [2.45, 2.75) is 39.7 Å². The van der Waals surface area contributed by atoms with E-state index in [2.05, 4.69) is 11.4 Å². The zero-order chi connectivity index (χ0) is 13.9. The van der Waals surface area contributed by atoms with Gasteiger partial charge in [-0.15, -0.1) is 0 Å². The molecule has 1 rings (SSSR count). The largest absolute Gasteiger partial charge is 0.455 e. The number of carbonyl (C=O) groups excluding carboxylic acids is 2. The molecular weight excluding hydrogens is 232 g/mol. The average molecular weight is 252 g/mol. The molecule has 0 spiro atoms. The Morgan fingerprint density at radius 3 is 2.50 bits per heavy atom. The summed E-state index contributed by atoms with van der Waals surface area (Å²) >= 11 is 0. The molecule has 100 valence electrons. The fraction of sp³-hybridized carbons (Fsp3) is 0.769. The fourth-order valence-electron chi connectivity index (χ4n) is 1.52. The SMILES string of the molecule is CC(C)[C@@](C)(C#N)NC(=O)COC(=O)[C@@H]1C[C@@H]1C. The Morgan fingerprint density at radius 2 is 2.11 bits per heavy atom. The van der Waals surface area contributed by atoms with Crippen LogP contribution in [0.15, 0.2) is 0 Å². The van der Waals surface area contributed by atoms with Gasteiger partial charge in [-0.05, 0) is 25.2 Å². The van der Waals surface area contributed by atoms with E-state index in [0.29, 0.717) is 5.92 Å². The third kappa shape index (κ3) is 3.46. The van der Waals surface area contributed by atoms with Gasteiger partial charge in [0.25, 0.3) is 5.91 Å². The fourth-order valence-corrected chi connectivity index (χ4v) is 1.52. The first-order valence-electron chi connectivity index (χ1n) is 6.19. The lowest BCUT2D eigenvalue weighted by atomic mass is 9.90. The summed E-state index contributed by atoms with van der Waals surface area (Å²) in [6, 6.07) is 2.07. The molecule has 0 saturated heterocycles. The highest BCUT2D eigenvalue weighted by Gasteiger charge is 2.40. The summed E-state index contributed by atoms with van der Waals surface area (Å²) < 4.78 is 4.91. The molecule has 1 aliphatic rings. The summed E-state index contributed by atoms with van der Waals surface area (Å²) in [6.07, 6.45) is 0.836. The normalized spacial score (nSPS) is 24.9.